The SMILES string of the molecule is Cc1cc(-c2cccc3c(C)c[nH]c23)c(C#Cc2ccccn2)c2c1NC(C)(C)C(O)C2C. The number of H-pyrrole nitrogens is 1. The zero-order valence-electron chi connectivity index (χ0n) is 19.7. The highest BCUT2D eigenvalue weighted by Crippen LogP contribution is 2.46. The Hall–Kier alpha value is -3.55. The Balaban J connectivity index is 1.83. The number of aromatic amines is 1. The van der Waals surface area contributed by atoms with E-state index in [1.165, 1.54) is 10.9 Å². The van der Waals surface area contributed by atoms with Crippen molar-refractivity contribution >= 4 is 16.6 Å². The third kappa shape index (κ3) is 3.50. The summed E-state index contributed by atoms with van der Waals surface area (Å²) in [6.45, 7) is 10.4. The average Bonchev–Trinajstić information content (AvgIpc) is 3.19. The van der Waals surface area contributed by atoms with Crippen molar-refractivity contribution < 1.29 is 5.11 Å². The van der Waals surface area contributed by atoms with Gasteiger partial charge < -0.3 is 15.4 Å². The molecule has 4 nitrogen and oxygen atoms in total. The molecule has 33 heavy (non-hydrogen) atoms. The van der Waals surface area contributed by atoms with Gasteiger partial charge in [0.2, 0.25) is 0 Å². The van der Waals surface area contributed by atoms with E-state index in [-0.39, 0.29) is 5.92 Å². The Kier molecular flexibility index (Phi) is 5.03. The minimum absolute atomic E-state index is 0.0764. The maximum atomic E-state index is 11.2. The lowest BCUT2D eigenvalue weighted by atomic mass is 9.75. The van der Waals surface area contributed by atoms with Crippen LogP contribution in [0.3, 0.4) is 0 Å². The molecule has 0 amide bonds. The van der Waals surface area contributed by atoms with E-state index in [1.807, 2.05) is 32.0 Å². The summed E-state index contributed by atoms with van der Waals surface area (Å²) < 4.78 is 0. The summed E-state index contributed by atoms with van der Waals surface area (Å²) in [5.41, 5.74) is 9.03. The highest BCUT2D eigenvalue weighted by Gasteiger charge is 2.40. The standard InChI is InChI=1S/C29H29N3O/c1-17-15-24(23-11-8-10-21-18(2)16-31-27(21)23)22(13-12-20-9-6-7-14-30-20)25-19(3)28(33)29(4,5)32-26(17)25/h6-11,14-16,19,28,31-33H,1-5H3. The third-order valence-electron chi connectivity index (χ3n) is 6.87. The number of aromatic nitrogens is 2. The first-order chi connectivity index (χ1) is 15.8. The molecule has 0 saturated heterocycles. The van der Waals surface area contributed by atoms with E-state index < -0.39 is 11.6 Å². The van der Waals surface area contributed by atoms with Gasteiger partial charge in [-0.15, -0.1) is 0 Å². The Morgan fingerprint density at radius 1 is 1.00 bits per heavy atom. The van der Waals surface area contributed by atoms with Crippen LogP contribution in [0.25, 0.3) is 22.0 Å². The van der Waals surface area contributed by atoms with E-state index in [2.05, 4.69) is 78.4 Å². The molecule has 3 N–H and O–H groups in total. The number of nitrogens with one attached hydrogen (secondary N) is 2. The first-order valence-electron chi connectivity index (χ1n) is 11.4. The van der Waals surface area contributed by atoms with Crippen LogP contribution in [0.5, 0.6) is 0 Å². The summed E-state index contributed by atoms with van der Waals surface area (Å²) in [6, 6.07) is 14.4. The number of fused-ring (bicyclic) bond motifs is 2. The van der Waals surface area contributed by atoms with E-state index in [0.29, 0.717) is 0 Å². The van der Waals surface area contributed by atoms with Gasteiger partial charge in [-0.2, -0.15) is 0 Å². The summed E-state index contributed by atoms with van der Waals surface area (Å²) in [5, 5.41) is 16.0. The van der Waals surface area contributed by atoms with Crippen LogP contribution in [0.1, 0.15) is 54.6 Å². The summed E-state index contributed by atoms with van der Waals surface area (Å²) in [5.74, 6) is 6.65. The maximum absolute atomic E-state index is 11.2. The molecule has 0 bridgehead atoms. The van der Waals surface area contributed by atoms with Gasteiger partial charge in [-0.05, 0) is 68.5 Å². The number of aliphatic hydroxyl groups excluding tert-OH is 1. The van der Waals surface area contributed by atoms with Crippen LogP contribution < -0.4 is 5.32 Å². The van der Waals surface area contributed by atoms with Gasteiger partial charge in [0.1, 0.15) is 5.69 Å². The molecule has 5 rings (SSSR count). The first kappa shape index (κ1) is 21.3. The number of aryl methyl sites for hydroxylation is 2. The number of hydrogen-bond donors (Lipinski definition) is 3. The average molecular weight is 436 g/mol. The minimum Gasteiger partial charge on any atom is -0.390 e. The maximum Gasteiger partial charge on any atom is 0.113 e. The van der Waals surface area contributed by atoms with Crippen LogP contribution in [0.2, 0.25) is 0 Å². The molecule has 0 fully saturated rings. The van der Waals surface area contributed by atoms with Crippen molar-refractivity contribution in [1.82, 2.24) is 9.97 Å². The molecule has 2 unspecified atom stereocenters. The Bertz CT molecular complexity index is 1420. The normalized spacial score (nSPS) is 18.8. The van der Waals surface area contributed by atoms with Gasteiger partial charge in [-0.1, -0.05) is 37.1 Å². The van der Waals surface area contributed by atoms with Crippen LogP contribution in [0.4, 0.5) is 5.69 Å². The number of nitrogens with zero attached hydrogens (tertiary/aromatic N) is 1. The molecule has 0 saturated carbocycles. The van der Waals surface area contributed by atoms with Gasteiger partial charge >= 0.3 is 0 Å². The zero-order chi connectivity index (χ0) is 23.3. The molecule has 0 aliphatic carbocycles. The molecule has 2 aromatic carbocycles. The van der Waals surface area contributed by atoms with Crippen molar-refractivity contribution in [3.05, 3.63) is 82.8 Å². The molecule has 2 atom stereocenters. The van der Waals surface area contributed by atoms with E-state index in [0.717, 1.165) is 44.7 Å². The van der Waals surface area contributed by atoms with Crippen molar-refractivity contribution in [3.8, 4) is 23.0 Å². The number of para-hydroxylation sites is 1. The second kappa shape index (κ2) is 7.79. The number of pyridine rings is 1. The van der Waals surface area contributed by atoms with E-state index in [9.17, 15) is 5.11 Å². The van der Waals surface area contributed by atoms with Crippen molar-refractivity contribution in [3.63, 3.8) is 0 Å². The second-order valence-electron chi connectivity index (χ2n) is 9.65. The van der Waals surface area contributed by atoms with E-state index >= 15 is 0 Å². The van der Waals surface area contributed by atoms with Gasteiger partial charge in [-0.25, -0.2) is 4.98 Å². The largest absolute Gasteiger partial charge is 0.390 e. The fraction of sp³-hybridized carbons (Fsp3) is 0.276. The number of aliphatic hydroxyl groups is 1. The highest BCUT2D eigenvalue weighted by atomic mass is 16.3. The zero-order valence-corrected chi connectivity index (χ0v) is 19.7. The Labute approximate surface area is 195 Å². The number of rotatable bonds is 1. The molecule has 1 aliphatic heterocycles. The van der Waals surface area contributed by atoms with Crippen LogP contribution in [-0.4, -0.2) is 26.7 Å². The van der Waals surface area contributed by atoms with E-state index in [1.54, 1.807) is 6.20 Å². The molecule has 166 valence electrons. The molecule has 0 spiro atoms. The molecule has 3 heterocycles. The monoisotopic (exact) mass is 435 g/mol. The van der Waals surface area contributed by atoms with Crippen molar-refractivity contribution in [2.45, 2.75) is 52.2 Å². The molecule has 0 radical (unpaired) electrons. The van der Waals surface area contributed by atoms with Gasteiger partial charge in [0.05, 0.1) is 17.2 Å². The summed E-state index contributed by atoms with van der Waals surface area (Å²) in [6.07, 6.45) is 3.27. The third-order valence-corrected chi connectivity index (χ3v) is 6.87. The molecule has 2 aromatic heterocycles. The summed E-state index contributed by atoms with van der Waals surface area (Å²) >= 11 is 0. The smallest absolute Gasteiger partial charge is 0.113 e. The topological polar surface area (TPSA) is 60.9 Å². The predicted molar refractivity (Wildman–Crippen MR) is 136 cm³/mol. The Morgan fingerprint density at radius 3 is 2.58 bits per heavy atom. The fourth-order valence-corrected chi connectivity index (χ4v) is 5.07. The minimum atomic E-state index is -0.543. The quantitative estimate of drug-likeness (QED) is 0.326. The van der Waals surface area contributed by atoms with Gasteiger partial charge in [0.15, 0.2) is 0 Å². The summed E-state index contributed by atoms with van der Waals surface area (Å²) in [4.78, 5) is 7.85. The lowest BCUT2D eigenvalue weighted by Crippen LogP contribution is -2.50. The molecule has 1 aliphatic rings. The molecular formula is C29H29N3O. The van der Waals surface area contributed by atoms with Crippen LogP contribution in [0, 0.1) is 25.7 Å². The number of benzene rings is 2. The summed E-state index contributed by atoms with van der Waals surface area (Å²) in [7, 11) is 0. The Morgan fingerprint density at radius 2 is 1.82 bits per heavy atom. The lowest BCUT2D eigenvalue weighted by Gasteiger charge is -2.43. The van der Waals surface area contributed by atoms with Crippen molar-refractivity contribution in [2.75, 3.05) is 5.32 Å². The van der Waals surface area contributed by atoms with Crippen molar-refractivity contribution in [2.24, 2.45) is 0 Å². The lowest BCUT2D eigenvalue weighted by molar-refractivity contribution is 0.0868. The predicted octanol–water partition coefficient (Wildman–Crippen LogP) is 5.92. The van der Waals surface area contributed by atoms with Crippen LogP contribution in [-0.2, 0) is 0 Å². The van der Waals surface area contributed by atoms with Gasteiger partial charge in [0.25, 0.3) is 0 Å². The number of anilines is 1. The molecule has 4 aromatic rings. The molecule has 4 heteroatoms. The van der Waals surface area contributed by atoms with Crippen LogP contribution >= 0.6 is 0 Å². The van der Waals surface area contributed by atoms with Crippen LogP contribution in [0.15, 0.2) is 54.9 Å². The van der Waals surface area contributed by atoms with Crippen molar-refractivity contribution in [1.29, 1.82) is 0 Å². The number of hydrogen-bond acceptors (Lipinski definition) is 3. The first-order valence-corrected chi connectivity index (χ1v) is 11.4. The molecular weight excluding hydrogens is 406 g/mol. The second-order valence-corrected chi connectivity index (χ2v) is 9.65. The van der Waals surface area contributed by atoms with E-state index in [4.69, 9.17) is 0 Å². The van der Waals surface area contributed by atoms with Gasteiger partial charge in [0, 0.05) is 46.1 Å². The fourth-order valence-electron chi connectivity index (χ4n) is 5.07. The highest BCUT2D eigenvalue weighted by molar-refractivity contribution is 5.98. The van der Waals surface area contributed by atoms with Gasteiger partial charge in [-0.3, -0.25) is 0 Å².